The molecule has 264 valence electrons. The second-order valence-corrected chi connectivity index (χ2v) is 13.5. The van der Waals surface area contributed by atoms with Crippen LogP contribution in [0.2, 0.25) is 0 Å². The summed E-state index contributed by atoms with van der Waals surface area (Å²) in [6.45, 7) is 0.226. The lowest BCUT2D eigenvalue weighted by molar-refractivity contribution is -0.136. The molecule has 0 spiro atoms. The van der Waals surface area contributed by atoms with Crippen LogP contribution < -0.4 is 16.1 Å². The van der Waals surface area contributed by atoms with Gasteiger partial charge in [0.15, 0.2) is 11.6 Å². The molecular weight excluding hydrogens is 768 g/mol. The highest BCUT2D eigenvalue weighted by Gasteiger charge is 2.44. The van der Waals surface area contributed by atoms with Crippen LogP contribution in [0.1, 0.15) is 101 Å². The molecule has 3 aromatic carbocycles. The normalized spacial score (nSPS) is 15.7. The predicted octanol–water partition coefficient (Wildman–Crippen LogP) is 6.88. The minimum atomic E-state index is -1.31. The molecule has 0 aliphatic carbocycles. The summed E-state index contributed by atoms with van der Waals surface area (Å²) in [5.74, 6) is -6.03. The van der Waals surface area contributed by atoms with Crippen LogP contribution in [-0.4, -0.2) is 47.1 Å². The average Bonchev–Trinajstić information content (AvgIpc) is 3.33. The van der Waals surface area contributed by atoms with E-state index in [1.165, 1.54) is 12.1 Å². The van der Waals surface area contributed by atoms with Crippen molar-refractivity contribution in [2.45, 2.75) is 76.7 Å². The molecule has 1 atom stereocenters. The number of unbranched alkanes of at least 4 members (excludes halogenated alkanes) is 7. The molecule has 1 fully saturated rings. The molecule has 14 heteroatoms. The Morgan fingerprint density at radius 1 is 0.840 bits per heavy atom. The van der Waals surface area contributed by atoms with Crippen LogP contribution in [0.15, 0.2) is 48.5 Å². The number of benzene rings is 3. The van der Waals surface area contributed by atoms with Gasteiger partial charge in [0, 0.05) is 9.99 Å². The molecule has 1 unspecified atom stereocenters. The van der Waals surface area contributed by atoms with Crippen molar-refractivity contribution in [3.05, 3.63) is 91.8 Å². The van der Waals surface area contributed by atoms with Gasteiger partial charge in [-0.1, -0.05) is 44.6 Å². The van der Waals surface area contributed by atoms with E-state index in [1.807, 2.05) is 28.7 Å². The third-order valence-electron chi connectivity index (χ3n) is 8.66. The van der Waals surface area contributed by atoms with Crippen molar-refractivity contribution in [2.75, 3.05) is 11.9 Å². The zero-order chi connectivity index (χ0) is 35.8. The molecule has 0 saturated carbocycles. The number of aryl methyl sites for hydroxylation is 1. The number of piperidine rings is 1. The van der Waals surface area contributed by atoms with Crippen molar-refractivity contribution >= 4 is 63.5 Å². The number of hydrogen-bond donors (Lipinski definition) is 3. The maximum absolute atomic E-state index is 14.6. The SMILES string of the molecule is O=C1CCC(N2C(=O)c3ccc(CCCCCCCCCCONC(=O)c4ccc(F)c(F)c4Nc4ccc(I)cc4F)cc3C2=O)C(=O)N1. The zero-order valence-electron chi connectivity index (χ0n) is 27.1. The highest BCUT2D eigenvalue weighted by Crippen LogP contribution is 2.30. The lowest BCUT2D eigenvalue weighted by atomic mass is 10.0. The van der Waals surface area contributed by atoms with E-state index in [4.69, 9.17) is 4.84 Å². The van der Waals surface area contributed by atoms with Gasteiger partial charge in [0.25, 0.3) is 17.7 Å². The minimum absolute atomic E-state index is 0.0769. The summed E-state index contributed by atoms with van der Waals surface area (Å²) >= 11 is 1.92. The lowest BCUT2D eigenvalue weighted by Gasteiger charge is -2.27. The van der Waals surface area contributed by atoms with Gasteiger partial charge in [-0.3, -0.25) is 39.0 Å². The molecule has 0 bridgehead atoms. The van der Waals surface area contributed by atoms with Gasteiger partial charge in [-0.15, -0.1) is 0 Å². The van der Waals surface area contributed by atoms with Crippen molar-refractivity contribution in [1.29, 1.82) is 0 Å². The Kier molecular flexibility index (Phi) is 12.6. The van der Waals surface area contributed by atoms with Crippen LogP contribution in [0.5, 0.6) is 0 Å². The van der Waals surface area contributed by atoms with E-state index < -0.39 is 58.7 Å². The van der Waals surface area contributed by atoms with Gasteiger partial charge in [0.05, 0.1) is 34.7 Å². The molecule has 50 heavy (non-hydrogen) atoms. The van der Waals surface area contributed by atoms with Crippen LogP contribution in [0.3, 0.4) is 0 Å². The number of carbonyl (C=O) groups excluding carboxylic acids is 5. The topological polar surface area (TPSA) is 134 Å². The summed E-state index contributed by atoms with van der Waals surface area (Å²) in [5, 5.41) is 4.68. The highest BCUT2D eigenvalue weighted by molar-refractivity contribution is 14.1. The molecule has 2 aliphatic heterocycles. The van der Waals surface area contributed by atoms with E-state index in [-0.39, 0.29) is 36.3 Å². The van der Waals surface area contributed by atoms with Crippen molar-refractivity contribution in [3.8, 4) is 0 Å². The molecular formula is C36H36F3IN4O6. The van der Waals surface area contributed by atoms with Gasteiger partial charge in [0.2, 0.25) is 11.8 Å². The van der Waals surface area contributed by atoms with E-state index in [0.717, 1.165) is 74.0 Å². The molecule has 5 amide bonds. The van der Waals surface area contributed by atoms with Crippen molar-refractivity contribution < 1.29 is 42.0 Å². The quantitative estimate of drug-likeness (QED) is 0.0623. The van der Waals surface area contributed by atoms with Crippen LogP contribution in [0, 0.1) is 21.0 Å². The number of halogens is 4. The summed E-state index contributed by atoms with van der Waals surface area (Å²) in [5.41, 5.74) is 2.91. The molecule has 3 aromatic rings. The molecule has 0 aromatic heterocycles. The van der Waals surface area contributed by atoms with Gasteiger partial charge in [0.1, 0.15) is 11.9 Å². The fourth-order valence-corrected chi connectivity index (χ4v) is 6.45. The second-order valence-electron chi connectivity index (χ2n) is 12.2. The van der Waals surface area contributed by atoms with Crippen LogP contribution in [-0.2, 0) is 20.8 Å². The zero-order valence-corrected chi connectivity index (χ0v) is 29.2. The Morgan fingerprint density at radius 3 is 2.26 bits per heavy atom. The van der Waals surface area contributed by atoms with E-state index in [2.05, 4.69) is 16.1 Å². The third-order valence-corrected chi connectivity index (χ3v) is 9.33. The first kappa shape index (κ1) is 37.0. The number of nitrogens with one attached hydrogen (secondary N) is 3. The van der Waals surface area contributed by atoms with Crippen molar-refractivity contribution in [2.24, 2.45) is 0 Å². The number of hydrogen-bond acceptors (Lipinski definition) is 7. The molecule has 0 radical (unpaired) electrons. The fourth-order valence-electron chi connectivity index (χ4n) is 6.00. The number of carbonyl (C=O) groups is 5. The van der Waals surface area contributed by atoms with Gasteiger partial charge >= 0.3 is 0 Å². The molecule has 3 N–H and O–H groups in total. The van der Waals surface area contributed by atoms with Gasteiger partial charge in [-0.25, -0.2) is 18.7 Å². The number of nitrogens with zero attached hydrogens (tertiary/aromatic N) is 1. The van der Waals surface area contributed by atoms with E-state index in [0.29, 0.717) is 15.6 Å². The fraction of sp³-hybridized carbons (Fsp3) is 0.361. The largest absolute Gasteiger partial charge is 0.350 e. The van der Waals surface area contributed by atoms with E-state index in [9.17, 15) is 37.1 Å². The number of fused-ring (bicyclic) bond motifs is 1. The third kappa shape index (κ3) is 8.88. The Morgan fingerprint density at radius 2 is 1.54 bits per heavy atom. The number of amides is 5. The number of imide groups is 2. The predicted molar refractivity (Wildman–Crippen MR) is 186 cm³/mol. The standard InChI is InChI=1S/C36H36F3IN4O6/c37-26-14-13-24(32(31(26)39)41-28-15-11-22(40)20-27(28)38)33(46)43-50-18-8-6-4-2-1-3-5-7-9-21-10-12-23-25(19-21)36(49)44(35(23)48)29-16-17-30(45)42-34(29)47/h10-15,19-20,29,41H,1-9,16-18H2,(H,43,46)(H,42,45,47). The van der Waals surface area contributed by atoms with Gasteiger partial charge in [-0.05, 0) is 96.3 Å². The maximum Gasteiger partial charge on any atom is 0.277 e. The Hall–Kier alpha value is -4.31. The van der Waals surface area contributed by atoms with Gasteiger partial charge in [-0.2, -0.15) is 0 Å². The monoisotopic (exact) mass is 804 g/mol. The smallest absolute Gasteiger partial charge is 0.277 e. The Bertz CT molecular complexity index is 1810. The second kappa shape index (κ2) is 17.1. The van der Waals surface area contributed by atoms with Crippen LogP contribution in [0.4, 0.5) is 24.5 Å². The first-order chi connectivity index (χ1) is 24.0. The maximum atomic E-state index is 14.6. The molecule has 10 nitrogen and oxygen atoms in total. The van der Waals surface area contributed by atoms with E-state index >= 15 is 0 Å². The van der Waals surface area contributed by atoms with E-state index in [1.54, 1.807) is 18.2 Å². The van der Waals surface area contributed by atoms with Crippen molar-refractivity contribution in [1.82, 2.24) is 15.7 Å². The van der Waals surface area contributed by atoms with Gasteiger partial charge < -0.3 is 5.32 Å². The number of anilines is 2. The Balaban J connectivity index is 0.951. The first-order valence-corrected chi connectivity index (χ1v) is 17.6. The summed E-state index contributed by atoms with van der Waals surface area (Å²) in [4.78, 5) is 68.5. The summed E-state index contributed by atoms with van der Waals surface area (Å²) in [6, 6.07) is 10.3. The molecule has 2 heterocycles. The van der Waals surface area contributed by atoms with Crippen LogP contribution >= 0.6 is 22.6 Å². The minimum Gasteiger partial charge on any atom is -0.350 e. The number of hydroxylamine groups is 1. The lowest BCUT2D eigenvalue weighted by Crippen LogP contribution is -2.54. The van der Waals surface area contributed by atoms with Crippen molar-refractivity contribution in [3.63, 3.8) is 0 Å². The summed E-state index contributed by atoms with van der Waals surface area (Å²) in [6.07, 6.45) is 8.49. The average molecular weight is 805 g/mol. The van der Waals surface area contributed by atoms with Crippen LogP contribution in [0.25, 0.3) is 0 Å². The Labute approximate surface area is 300 Å². The molecule has 2 aliphatic rings. The molecule has 5 rings (SSSR count). The summed E-state index contributed by atoms with van der Waals surface area (Å²) < 4.78 is 43.4. The summed E-state index contributed by atoms with van der Waals surface area (Å²) in [7, 11) is 0. The molecule has 1 saturated heterocycles. The number of rotatable bonds is 16. The first-order valence-electron chi connectivity index (χ1n) is 16.5. The highest BCUT2D eigenvalue weighted by atomic mass is 127.